The van der Waals surface area contributed by atoms with E-state index in [0.717, 1.165) is 12.8 Å². The van der Waals surface area contributed by atoms with Gasteiger partial charge in [0.2, 0.25) is 0 Å². The van der Waals surface area contributed by atoms with Crippen LogP contribution in [-0.4, -0.2) is 20.7 Å². The van der Waals surface area contributed by atoms with Crippen molar-refractivity contribution in [3.63, 3.8) is 0 Å². The second-order valence-electron chi connectivity index (χ2n) is 5.08. The summed E-state index contributed by atoms with van der Waals surface area (Å²) in [7, 11) is 0. The van der Waals surface area contributed by atoms with Crippen LogP contribution in [0.3, 0.4) is 0 Å². The predicted octanol–water partition coefficient (Wildman–Crippen LogP) is 4.25. The molecule has 2 heteroatoms. The first-order valence-electron chi connectivity index (χ1n) is 7.26. The molecule has 0 spiro atoms. The zero-order valence-electron chi connectivity index (χ0n) is 11.7. The van der Waals surface area contributed by atoms with Crippen LogP contribution in [0.15, 0.2) is 30.3 Å². The van der Waals surface area contributed by atoms with E-state index < -0.39 is 0 Å². The number of rotatable bonds is 4. The van der Waals surface area contributed by atoms with Crippen molar-refractivity contribution >= 4 is 25.2 Å². The molecule has 0 saturated carbocycles. The summed E-state index contributed by atoms with van der Waals surface area (Å²) < 4.78 is 1.29. The number of carbonyl (C=O) groups excluding carboxylic acids is 1. The molecule has 102 valence electrons. The number of unbranched alkanes of at least 4 members (excludes halogenated alkanes) is 1. The normalized spacial score (nSPS) is 19.4. The molecule has 1 nitrogen and oxygen atoms in total. The quantitative estimate of drug-likeness (QED) is 0.758. The molecule has 0 bridgehead atoms. The van der Waals surface area contributed by atoms with E-state index in [1.807, 2.05) is 6.08 Å². The fourth-order valence-corrected chi connectivity index (χ4v) is 4.51. The van der Waals surface area contributed by atoms with E-state index >= 15 is 0 Å². The number of hydrogen-bond acceptors (Lipinski definition) is 1. The van der Waals surface area contributed by atoms with Crippen LogP contribution in [0.1, 0.15) is 50.2 Å². The molecular weight excluding hydrogens is 299 g/mol. The van der Waals surface area contributed by atoms with Gasteiger partial charge in [0.05, 0.1) is 0 Å². The van der Waals surface area contributed by atoms with Gasteiger partial charge in [0.25, 0.3) is 0 Å². The molecular formula is C17H22OSe. The minimum absolute atomic E-state index is 0.312. The zero-order valence-corrected chi connectivity index (χ0v) is 13.4. The van der Waals surface area contributed by atoms with Crippen LogP contribution in [0.5, 0.6) is 0 Å². The van der Waals surface area contributed by atoms with Crippen LogP contribution in [0.2, 0.25) is 5.32 Å². The van der Waals surface area contributed by atoms with E-state index in [9.17, 15) is 4.79 Å². The van der Waals surface area contributed by atoms with Crippen LogP contribution in [0, 0.1) is 0 Å². The Morgan fingerprint density at radius 2 is 1.95 bits per heavy atom. The van der Waals surface area contributed by atoms with E-state index in [0.29, 0.717) is 20.7 Å². The van der Waals surface area contributed by atoms with Gasteiger partial charge in [-0.15, -0.1) is 0 Å². The van der Waals surface area contributed by atoms with E-state index in [1.165, 1.54) is 46.6 Å². The molecule has 0 aliphatic carbocycles. The van der Waals surface area contributed by atoms with Crippen molar-refractivity contribution in [3.05, 3.63) is 41.5 Å². The van der Waals surface area contributed by atoms with Gasteiger partial charge in [-0.25, -0.2) is 0 Å². The summed E-state index contributed by atoms with van der Waals surface area (Å²) in [6.07, 6.45) is 8.57. The van der Waals surface area contributed by atoms with Crippen LogP contribution in [0.4, 0.5) is 0 Å². The molecule has 2 rings (SSSR count). The van der Waals surface area contributed by atoms with Crippen LogP contribution >= 0.6 is 0 Å². The summed E-state index contributed by atoms with van der Waals surface area (Å²) in [5.41, 5.74) is 2.67. The predicted molar refractivity (Wildman–Crippen MR) is 82.5 cm³/mol. The van der Waals surface area contributed by atoms with E-state index in [1.54, 1.807) is 0 Å². The first-order chi connectivity index (χ1) is 9.29. The molecule has 1 heterocycles. The monoisotopic (exact) mass is 322 g/mol. The summed E-state index contributed by atoms with van der Waals surface area (Å²) in [4.78, 5) is 11.8. The van der Waals surface area contributed by atoms with Gasteiger partial charge in [0.15, 0.2) is 0 Å². The molecule has 0 N–H and O–H groups in total. The fraction of sp³-hybridized carbons (Fsp3) is 0.471. The summed E-state index contributed by atoms with van der Waals surface area (Å²) in [6, 6.07) is 8.86. The minimum atomic E-state index is 0.312. The molecule has 1 aliphatic rings. The number of ketones is 1. The fourth-order valence-electron chi connectivity index (χ4n) is 2.23. The van der Waals surface area contributed by atoms with Gasteiger partial charge < -0.3 is 0 Å². The van der Waals surface area contributed by atoms with E-state index in [4.69, 9.17) is 0 Å². The Bertz CT molecular complexity index is 445. The van der Waals surface area contributed by atoms with Crippen molar-refractivity contribution in [2.24, 2.45) is 0 Å². The number of hydrogen-bond donors (Lipinski definition) is 0. The van der Waals surface area contributed by atoms with Crippen LogP contribution < -0.4 is 0 Å². The van der Waals surface area contributed by atoms with Gasteiger partial charge in [0, 0.05) is 0 Å². The standard InChI is InChI=1S/C17H22OSe/c1-2-3-6-14-8-10-15(11-9-14)17-13-16(18)7-4-5-12-19-17/h8-11,13H,2-7,12H2,1H3/b17-13-. The van der Waals surface area contributed by atoms with Gasteiger partial charge in [-0.3, -0.25) is 0 Å². The Balaban J connectivity index is 2.11. The first kappa shape index (κ1) is 14.6. The second-order valence-corrected chi connectivity index (χ2v) is 7.47. The molecule has 0 unspecified atom stereocenters. The molecule has 1 aromatic carbocycles. The number of allylic oxidation sites excluding steroid dienone is 1. The Hall–Kier alpha value is -0.851. The number of carbonyl (C=O) groups is 1. The Morgan fingerprint density at radius 1 is 1.16 bits per heavy atom. The molecule has 0 amide bonds. The van der Waals surface area contributed by atoms with Gasteiger partial charge in [-0.1, -0.05) is 0 Å². The molecule has 0 radical (unpaired) electrons. The van der Waals surface area contributed by atoms with Gasteiger partial charge >= 0.3 is 122 Å². The third-order valence-corrected chi connectivity index (χ3v) is 5.85. The number of benzene rings is 1. The third-order valence-electron chi connectivity index (χ3n) is 3.42. The average Bonchev–Trinajstić information content (AvgIpc) is 2.41. The van der Waals surface area contributed by atoms with Crippen molar-refractivity contribution < 1.29 is 4.79 Å². The maximum absolute atomic E-state index is 11.8. The van der Waals surface area contributed by atoms with Crippen molar-refractivity contribution in [3.8, 4) is 0 Å². The molecule has 1 aromatic rings. The Kier molecular flexibility index (Phi) is 5.88. The second kappa shape index (κ2) is 7.67. The maximum atomic E-state index is 11.8. The van der Waals surface area contributed by atoms with Crippen molar-refractivity contribution in [2.75, 3.05) is 0 Å². The molecule has 19 heavy (non-hydrogen) atoms. The van der Waals surface area contributed by atoms with Crippen molar-refractivity contribution in [1.82, 2.24) is 0 Å². The summed E-state index contributed by atoms with van der Waals surface area (Å²) >= 11 is 0.459. The van der Waals surface area contributed by atoms with E-state index in [2.05, 4.69) is 31.2 Å². The molecule has 0 aromatic heterocycles. The van der Waals surface area contributed by atoms with Crippen molar-refractivity contribution in [1.29, 1.82) is 0 Å². The molecule has 0 saturated heterocycles. The number of aryl methyl sites for hydroxylation is 1. The summed E-state index contributed by atoms with van der Waals surface area (Å²) in [5.74, 6) is 0.312. The van der Waals surface area contributed by atoms with E-state index in [-0.39, 0.29) is 0 Å². The Labute approximate surface area is 122 Å². The summed E-state index contributed by atoms with van der Waals surface area (Å²) in [5, 5.41) is 1.27. The van der Waals surface area contributed by atoms with Gasteiger partial charge in [-0.05, 0) is 0 Å². The van der Waals surface area contributed by atoms with Gasteiger partial charge in [-0.2, -0.15) is 0 Å². The van der Waals surface area contributed by atoms with Crippen LogP contribution in [-0.2, 0) is 11.2 Å². The molecule has 0 atom stereocenters. The zero-order chi connectivity index (χ0) is 13.5. The average molecular weight is 321 g/mol. The van der Waals surface area contributed by atoms with Crippen LogP contribution in [0.25, 0.3) is 4.47 Å². The Morgan fingerprint density at radius 3 is 2.68 bits per heavy atom. The SMILES string of the molecule is CCCCc1ccc(/C2=C/C(=O)CCCC[Se]2)cc1. The van der Waals surface area contributed by atoms with Crippen molar-refractivity contribution in [2.45, 2.75) is 50.8 Å². The van der Waals surface area contributed by atoms with Gasteiger partial charge in [0.1, 0.15) is 0 Å². The molecule has 1 aliphatic heterocycles. The third kappa shape index (κ3) is 4.63. The topological polar surface area (TPSA) is 17.1 Å². The summed E-state index contributed by atoms with van der Waals surface area (Å²) in [6.45, 7) is 2.22. The first-order valence-corrected chi connectivity index (χ1v) is 9.33. The molecule has 0 fully saturated rings.